The molecule has 1 unspecified atom stereocenters. The van der Waals surface area contributed by atoms with Gasteiger partial charge in [-0.25, -0.2) is 9.18 Å². The zero-order valence-corrected chi connectivity index (χ0v) is 11.2. The topological polar surface area (TPSA) is 70.2 Å². The number of hydrogen-bond acceptors (Lipinski definition) is 3. The smallest absolute Gasteiger partial charge is 0.321 e. The Morgan fingerprint density at radius 2 is 2.05 bits per heavy atom. The molecular formula is C13H18FN3O2. The van der Waals surface area contributed by atoms with Gasteiger partial charge in [-0.15, -0.1) is 0 Å². The van der Waals surface area contributed by atoms with Crippen LogP contribution in [0.3, 0.4) is 0 Å². The van der Waals surface area contributed by atoms with Crippen LogP contribution in [0.4, 0.5) is 14.9 Å². The molecule has 0 bridgehead atoms. The van der Waals surface area contributed by atoms with Crippen LogP contribution in [0, 0.1) is 12.7 Å². The molecule has 0 aliphatic carbocycles. The molecule has 0 spiro atoms. The fourth-order valence-corrected chi connectivity index (χ4v) is 1.51. The number of benzene rings is 1. The highest BCUT2D eigenvalue weighted by molar-refractivity contribution is 5.98. The van der Waals surface area contributed by atoms with Crippen LogP contribution < -0.4 is 16.0 Å². The van der Waals surface area contributed by atoms with Crippen molar-refractivity contribution in [1.82, 2.24) is 10.6 Å². The third kappa shape index (κ3) is 4.57. The third-order valence-electron chi connectivity index (χ3n) is 2.53. The number of imide groups is 1. The van der Waals surface area contributed by atoms with Crippen LogP contribution in [0.25, 0.3) is 0 Å². The molecule has 3 amide bonds. The Hall–Kier alpha value is -2.11. The maximum atomic E-state index is 12.9. The van der Waals surface area contributed by atoms with E-state index in [0.717, 1.165) is 0 Å². The van der Waals surface area contributed by atoms with Crippen LogP contribution in [0.2, 0.25) is 0 Å². The van der Waals surface area contributed by atoms with Crippen molar-refractivity contribution in [1.29, 1.82) is 0 Å². The summed E-state index contributed by atoms with van der Waals surface area (Å²) in [4.78, 5) is 22.9. The van der Waals surface area contributed by atoms with Crippen molar-refractivity contribution in [2.75, 3.05) is 11.9 Å². The van der Waals surface area contributed by atoms with Gasteiger partial charge in [0.05, 0.1) is 0 Å². The fraction of sp³-hybridized carbons (Fsp3) is 0.385. The zero-order valence-electron chi connectivity index (χ0n) is 11.2. The second-order valence-corrected chi connectivity index (χ2v) is 4.17. The summed E-state index contributed by atoms with van der Waals surface area (Å²) in [5.41, 5.74) is 1.35. The Labute approximate surface area is 111 Å². The minimum atomic E-state index is -0.605. The second kappa shape index (κ2) is 6.72. The highest BCUT2D eigenvalue weighted by Gasteiger charge is 2.15. The van der Waals surface area contributed by atoms with Gasteiger partial charge in [0.25, 0.3) is 0 Å². The lowest BCUT2D eigenvalue weighted by molar-refractivity contribution is -0.120. The highest BCUT2D eigenvalue weighted by Crippen LogP contribution is 2.16. The maximum absolute atomic E-state index is 12.9. The van der Waals surface area contributed by atoms with Gasteiger partial charge in [0.2, 0.25) is 5.91 Å². The monoisotopic (exact) mass is 267 g/mol. The lowest BCUT2D eigenvalue weighted by atomic mass is 10.1. The predicted molar refractivity (Wildman–Crippen MR) is 71.4 cm³/mol. The molecule has 5 nitrogen and oxygen atoms in total. The molecule has 19 heavy (non-hydrogen) atoms. The number of anilines is 1. The largest absolute Gasteiger partial charge is 0.374 e. The number of rotatable bonds is 4. The van der Waals surface area contributed by atoms with Crippen LogP contribution in [0.1, 0.15) is 19.4 Å². The van der Waals surface area contributed by atoms with Gasteiger partial charge in [-0.3, -0.25) is 10.1 Å². The van der Waals surface area contributed by atoms with Crippen LogP contribution in [-0.2, 0) is 4.79 Å². The summed E-state index contributed by atoms with van der Waals surface area (Å²) in [5, 5.41) is 7.60. The van der Waals surface area contributed by atoms with E-state index in [9.17, 15) is 14.0 Å². The van der Waals surface area contributed by atoms with Crippen molar-refractivity contribution in [2.45, 2.75) is 26.8 Å². The molecule has 6 heteroatoms. The number of hydrogen-bond donors (Lipinski definition) is 3. The van der Waals surface area contributed by atoms with Crippen molar-refractivity contribution in [3.8, 4) is 0 Å². The summed E-state index contributed by atoms with van der Waals surface area (Å²) in [6, 6.07) is 3.10. The summed E-state index contributed by atoms with van der Waals surface area (Å²) >= 11 is 0. The number of aryl methyl sites for hydroxylation is 1. The van der Waals surface area contributed by atoms with Gasteiger partial charge in [0.1, 0.15) is 11.9 Å². The van der Waals surface area contributed by atoms with Crippen molar-refractivity contribution in [3.63, 3.8) is 0 Å². The Morgan fingerprint density at radius 3 is 2.63 bits per heavy atom. The Bertz CT molecular complexity index is 477. The number of carbonyl (C=O) groups is 2. The second-order valence-electron chi connectivity index (χ2n) is 4.17. The predicted octanol–water partition coefficient (Wildman–Crippen LogP) is 1.78. The number of nitrogens with one attached hydrogen (secondary N) is 3. The first-order valence-corrected chi connectivity index (χ1v) is 6.05. The van der Waals surface area contributed by atoms with Gasteiger partial charge >= 0.3 is 6.03 Å². The summed E-state index contributed by atoms with van der Waals surface area (Å²) in [6.07, 6.45) is 0. The first-order chi connectivity index (χ1) is 8.93. The summed E-state index contributed by atoms with van der Waals surface area (Å²) in [7, 11) is 0. The minimum Gasteiger partial charge on any atom is -0.374 e. The molecule has 0 saturated carbocycles. The SMILES string of the molecule is CCNC(=O)NC(=O)C(C)Nc1ccc(F)cc1C. The van der Waals surface area contributed by atoms with E-state index in [1.54, 1.807) is 26.8 Å². The molecule has 0 saturated heterocycles. The highest BCUT2D eigenvalue weighted by atomic mass is 19.1. The number of carbonyl (C=O) groups excluding carboxylic acids is 2. The van der Waals surface area contributed by atoms with Crippen LogP contribution in [0.15, 0.2) is 18.2 Å². The molecule has 1 rings (SSSR count). The first kappa shape index (κ1) is 14.9. The molecular weight excluding hydrogens is 249 g/mol. The van der Waals surface area contributed by atoms with E-state index in [-0.39, 0.29) is 5.82 Å². The maximum Gasteiger partial charge on any atom is 0.321 e. The molecule has 1 atom stereocenters. The van der Waals surface area contributed by atoms with E-state index in [1.807, 2.05) is 0 Å². The molecule has 0 aromatic heterocycles. The van der Waals surface area contributed by atoms with Crippen molar-refractivity contribution < 1.29 is 14.0 Å². The third-order valence-corrected chi connectivity index (χ3v) is 2.53. The molecule has 1 aromatic rings. The van der Waals surface area contributed by atoms with Gasteiger partial charge in [0.15, 0.2) is 0 Å². The normalized spacial score (nSPS) is 11.6. The van der Waals surface area contributed by atoms with E-state index >= 15 is 0 Å². The van der Waals surface area contributed by atoms with Gasteiger partial charge < -0.3 is 10.6 Å². The van der Waals surface area contributed by atoms with E-state index in [4.69, 9.17) is 0 Å². The minimum absolute atomic E-state index is 0.331. The fourth-order valence-electron chi connectivity index (χ4n) is 1.51. The van der Waals surface area contributed by atoms with Crippen LogP contribution >= 0.6 is 0 Å². The van der Waals surface area contributed by atoms with Gasteiger partial charge in [0, 0.05) is 12.2 Å². The molecule has 0 fully saturated rings. The first-order valence-electron chi connectivity index (χ1n) is 6.05. The molecule has 0 radical (unpaired) electrons. The van der Waals surface area contributed by atoms with Gasteiger partial charge in [-0.2, -0.15) is 0 Å². The molecule has 0 heterocycles. The van der Waals surface area contributed by atoms with Crippen molar-refractivity contribution >= 4 is 17.6 Å². The average molecular weight is 267 g/mol. The Morgan fingerprint density at radius 1 is 1.37 bits per heavy atom. The molecule has 0 aliphatic heterocycles. The lowest BCUT2D eigenvalue weighted by Gasteiger charge is -2.16. The standard InChI is InChI=1S/C13H18FN3O2/c1-4-15-13(19)17-12(18)9(3)16-11-6-5-10(14)7-8(11)2/h5-7,9,16H,4H2,1-3H3,(H2,15,17,18,19). The van der Waals surface area contributed by atoms with Crippen LogP contribution in [0.5, 0.6) is 0 Å². The Balaban J connectivity index is 2.61. The van der Waals surface area contributed by atoms with Crippen molar-refractivity contribution in [2.24, 2.45) is 0 Å². The van der Waals surface area contributed by atoms with Gasteiger partial charge in [-0.1, -0.05) is 0 Å². The molecule has 0 aliphatic rings. The summed E-state index contributed by atoms with van der Waals surface area (Å²) in [6.45, 7) is 5.56. The van der Waals surface area contributed by atoms with E-state index in [0.29, 0.717) is 17.8 Å². The van der Waals surface area contributed by atoms with Crippen LogP contribution in [-0.4, -0.2) is 24.5 Å². The van der Waals surface area contributed by atoms with E-state index < -0.39 is 18.0 Å². The average Bonchev–Trinajstić information content (AvgIpc) is 2.32. The van der Waals surface area contributed by atoms with E-state index in [2.05, 4.69) is 16.0 Å². The molecule has 104 valence electrons. The lowest BCUT2D eigenvalue weighted by Crippen LogP contribution is -2.45. The zero-order chi connectivity index (χ0) is 14.4. The van der Waals surface area contributed by atoms with E-state index in [1.165, 1.54) is 12.1 Å². The summed E-state index contributed by atoms with van der Waals surface area (Å²) < 4.78 is 12.9. The quantitative estimate of drug-likeness (QED) is 0.778. The molecule has 1 aromatic carbocycles. The number of halogens is 1. The number of urea groups is 1. The molecule has 3 N–H and O–H groups in total. The number of amides is 3. The van der Waals surface area contributed by atoms with Crippen molar-refractivity contribution in [3.05, 3.63) is 29.6 Å². The summed E-state index contributed by atoms with van der Waals surface area (Å²) in [5.74, 6) is -0.780. The Kier molecular flexibility index (Phi) is 5.29. The van der Waals surface area contributed by atoms with Gasteiger partial charge in [-0.05, 0) is 44.5 Å².